The molecule has 96 valence electrons. The van der Waals surface area contributed by atoms with Crippen molar-refractivity contribution in [1.82, 2.24) is 0 Å². The van der Waals surface area contributed by atoms with Gasteiger partial charge in [0, 0.05) is 11.5 Å². The molecule has 0 heterocycles. The number of nitrogens with zero attached hydrogens (tertiary/aromatic N) is 3. The van der Waals surface area contributed by atoms with Crippen molar-refractivity contribution in [3.63, 3.8) is 0 Å². The lowest BCUT2D eigenvalue weighted by Gasteiger charge is -2.19. The molecule has 2 atom stereocenters. The third-order valence-electron chi connectivity index (χ3n) is 2.51. The summed E-state index contributed by atoms with van der Waals surface area (Å²) in [5.41, 5.74) is 8.16. The highest BCUT2D eigenvalue weighted by molar-refractivity contribution is 5.81. The van der Waals surface area contributed by atoms with Crippen molar-refractivity contribution in [2.24, 2.45) is 5.11 Å². The van der Waals surface area contributed by atoms with Crippen LogP contribution < -0.4 is 0 Å². The molecular weight excluding hydrogens is 238 g/mol. The highest BCUT2D eigenvalue weighted by Gasteiger charge is 2.21. The zero-order valence-corrected chi connectivity index (χ0v) is 9.47. The quantitative estimate of drug-likeness (QED) is 0.304. The van der Waals surface area contributed by atoms with Crippen LogP contribution in [0, 0.1) is 0 Å². The number of azide groups is 1. The van der Waals surface area contributed by atoms with Crippen LogP contribution in [-0.4, -0.2) is 34.3 Å². The summed E-state index contributed by atoms with van der Waals surface area (Å²) < 4.78 is 0. The third kappa shape index (κ3) is 3.21. The predicted molar refractivity (Wildman–Crippen MR) is 63.1 cm³/mol. The number of aldehydes is 1. The Morgan fingerprint density at radius 1 is 1.44 bits per heavy atom. The van der Waals surface area contributed by atoms with Gasteiger partial charge < -0.3 is 15.3 Å². The Kier molecular flexibility index (Phi) is 5.13. The Morgan fingerprint density at radius 3 is 2.78 bits per heavy atom. The van der Waals surface area contributed by atoms with Crippen LogP contribution in [0.15, 0.2) is 23.3 Å². The average molecular weight is 251 g/mol. The van der Waals surface area contributed by atoms with Gasteiger partial charge in [0.2, 0.25) is 0 Å². The lowest BCUT2D eigenvalue weighted by molar-refractivity contribution is 0.0146. The van der Waals surface area contributed by atoms with Crippen LogP contribution in [0.4, 0.5) is 0 Å². The van der Waals surface area contributed by atoms with Gasteiger partial charge in [-0.1, -0.05) is 17.2 Å². The summed E-state index contributed by atoms with van der Waals surface area (Å²) in [7, 11) is 0. The molecule has 0 saturated heterocycles. The van der Waals surface area contributed by atoms with Crippen molar-refractivity contribution >= 4 is 6.29 Å². The third-order valence-corrected chi connectivity index (χ3v) is 2.51. The maximum atomic E-state index is 10.8. The van der Waals surface area contributed by atoms with Gasteiger partial charge in [-0.2, -0.15) is 0 Å². The molecule has 1 aromatic rings. The number of aliphatic hydroxyl groups excluding tert-OH is 2. The van der Waals surface area contributed by atoms with Gasteiger partial charge in [-0.25, -0.2) is 0 Å². The first-order valence-electron chi connectivity index (χ1n) is 5.25. The normalized spacial score (nSPS) is 13.4. The van der Waals surface area contributed by atoms with E-state index in [0.29, 0.717) is 6.29 Å². The van der Waals surface area contributed by atoms with E-state index in [0.717, 1.165) is 0 Å². The molecule has 0 aliphatic heterocycles. The first kappa shape index (κ1) is 14.0. The van der Waals surface area contributed by atoms with Crippen LogP contribution in [0.25, 0.3) is 10.4 Å². The van der Waals surface area contributed by atoms with Gasteiger partial charge in [0.15, 0.2) is 6.29 Å². The molecule has 0 bridgehead atoms. The van der Waals surface area contributed by atoms with Gasteiger partial charge >= 0.3 is 0 Å². The first-order valence-corrected chi connectivity index (χ1v) is 5.25. The Hall–Kier alpha value is -2.08. The summed E-state index contributed by atoms with van der Waals surface area (Å²) in [4.78, 5) is 13.3. The van der Waals surface area contributed by atoms with E-state index in [1.165, 1.54) is 18.2 Å². The second-order valence-electron chi connectivity index (χ2n) is 3.65. The van der Waals surface area contributed by atoms with Crippen molar-refractivity contribution < 1.29 is 20.1 Å². The maximum Gasteiger partial charge on any atom is 0.154 e. The second kappa shape index (κ2) is 6.61. The zero-order chi connectivity index (χ0) is 13.5. The van der Waals surface area contributed by atoms with Crippen molar-refractivity contribution in [1.29, 1.82) is 0 Å². The fourth-order valence-electron chi connectivity index (χ4n) is 1.56. The van der Waals surface area contributed by atoms with Gasteiger partial charge in [0.1, 0.15) is 11.9 Å². The van der Waals surface area contributed by atoms with E-state index in [-0.39, 0.29) is 29.8 Å². The lowest BCUT2D eigenvalue weighted by atomic mass is 9.97. The van der Waals surface area contributed by atoms with E-state index >= 15 is 0 Å². The molecule has 7 heteroatoms. The maximum absolute atomic E-state index is 10.8. The van der Waals surface area contributed by atoms with Crippen LogP contribution in [0.1, 0.15) is 28.4 Å². The summed E-state index contributed by atoms with van der Waals surface area (Å²) >= 11 is 0. The summed E-state index contributed by atoms with van der Waals surface area (Å²) in [6, 6.07) is 4.21. The van der Waals surface area contributed by atoms with E-state index in [2.05, 4.69) is 10.0 Å². The topological polar surface area (TPSA) is 127 Å². The highest BCUT2D eigenvalue weighted by Crippen LogP contribution is 2.27. The number of hydrogen-bond donors (Lipinski definition) is 3. The minimum absolute atomic E-state index is 0.0317. The van der Waals surface area contributed by atoms with E-state index < -0.39 is 12.2 Å². The SMILES string of the molecule is [N-]=[N+]=NCCC(O)C(O)c1cccc(O)c1C=O. The molecule has 0 saturated carbocycles. The number of benzene rings is 1. The zero-order valence-electron chi connectivity index (χ0n) is 9.47. The highest BCUT2D eigenvalue weighted by atomic mass is 16.3. The molecule has 18 heavy (non-hydrogen) atoms. The Balaban J connectivity index is 2.89. The molecule has 2 unspecified atom stereocenters. The van der Waals surface area contributed by atoms with E-state index in [9.17, 15) is 20.1 Å². The van der Waals surface area contributed by atoms with Crippen molar-refractivity contribution in [3.8, 4) is 5.75 Å². The summed E-state index contributed by atoms with van der Waals surface area (Å²) in [5.74, 6) is -0.260. The molecule has 7 nitrogen and oxygen atoms in total. The molecule has 0 aliphatic carbocycles. The van der Waals surface area contributed by atoms with Gasteiger partial charge in [-0.3, -0.25) is 4.79 Å². The van der Waals surface area contributed by atoms with E-state index in [1.807, 2.05) is 0 Å². The van der Waals surface area contributed by atoms with Crippen LogP contribution in [0.3, 0.4) is 0 Å². The number of aromatic hydroxyl groups is 1. The summed E-state index contributed by atoms with van der Waals surface area (Å²) in [6.07, 6.45) is -2.05. The van der Waals surface area contributed by atoms with E-state index in [1.54, 1.807) is 0 Å². The Morgan fingerprint density at radius 2 is 2.17 bits per heavy atom. The number of phenols is 1. The number of rotatable bonds is 6. The van der Waals surface area contributed by atoms with E-state index in [4.69, 9.17) is 5.53 Å². The predicted octanol–water partition coefficient (Wildman–Crippen LogP) is 1.30. The van der Waals surface area contributed by atoms with Crippen molar-refractivity contribution in [2.75, 3.05) is 6.54 Å². The fraction of sp³-hybridized carbons (Fsp3) is 0.364. The molecule has 3 N–H and O–H groups in total. The minimum Gasteiger partial charge on any atom is -0.507 e. The number of phenolic OH excluding ortho intramolecular Hbond substituents is 1. The van der Waals surface area contributed by atoms with Crippen LogP contribution in [-0.2, 0) is 0 Å². The number of aliphatic hydroxyl groups is 2. The first-order chi connectivity index (χ1) is 8.61. The molecule has 1 rings (SSSR count). The van der Waals surface area contributed by atoms with Crippen LogP contribution in [0.5, 0.6) is 5.75 Å². The second-order valence-corrected chi connectivity index (χ2v) is 3.65. The molecular formula is C11H13N3O4. The summed E-state index contributed by atoms with van der Waals surface area (Å²) in [6.45, 7) is 0.0317. The summed E-state index contributed by atoms with van der Waals surface area (Å²) in [5, 5.41) is 32.2. The fourth-order valence-corrected chi connectivity index (χ4v) is 1.56. The lowest BCUT2D eigenvalue weighted by Crippen LogP contribution is -2.20. The molecule has 0 amide bonds. The molecule has 1 aromatic carbocycles. The van der Waals surface area contributed by atoms with Gasteiger partial charge in [-0.15, -0.1) is 0 Å². The van der Waals surface area contributed by atoms with Crippen LogP contribution >= 0.6 is 0 Å². The van der Waals surface area contributed by atoms with Crippen molar-refractivity contribution in [2.45, 2.75) is 18.6 Å². The minimum atomic E-state index is -1.33. The van der Waals surface area contributed by atoms with Crippen molar-refractivity contribution in [3.05, 3.63) is 39.8 Å². The number of hydrogen-bond acceptors (Lipinski definition) is 5. The number of carbonyl (C=O) groups excluding carboxylic acids is 1. The molecule has 0 fully saturated rings. The smallest absolute Gasteiger partial charge is 0.154 e. The van der Waals surface area contributed by atoms with Gasteiger partial charge in [0.05, 0.1) is 11.7 Å². The molecule has 0 aromatic heterocycles. The number of carbonyl (C=O) groups is 1. The Labute approximate surface area is 103 Å². The standard InChI is InChI=1S/C11H13N3O4/c12-14-13-5-4-10(17)11(18)7-2-1-3-9(16)8(7)6-15/h1-3,6,10-11,16-18H,4-5H2. The monoisotopic (exact) mass is 251 g/mol. The van der Waals surface area contributed by atoms with Crippen LogP contribution in [0.2, 0.25) is 0 Å². The Bertz CT molecular complexity index is 471. The molecule has 0 aliphatic rings. The largest absolute Gasteiger partial charge is 0.507 e. The molecule has 0 spiro atoms. The van der Waals surface area contributed by atoms with Gasteiger partial charge in [-0.05, 0) is 23.6 Å². The average Bonchev–Trinajstić information content (AvgIpc) is 2.37. The molecule has 0 radical (unpaired) electrons. The van der Waals surface area contributed by atoms with Gasteiger partial charge in [0.25, 0.3) is 0 Å².